The van der Waals surface area contributed by atoms with Gasteiger partial charge in [-0.25, -0.2) is 0 Å². The Morgan fingerprint density at radius 1 is 1.31 bits per heavy atom. The minimum absolute atomic E-state index is 0.0788. The van der Waals surface area contributed by atoms with E-state index in [0.717, 1.165) is 11.8 Å². The number of anilines is 1. The molecule has 1 aliphatic rings. The van der Waals surface area contributed by atoms with Crippen molar-refractivity contribution in [3.05, 3.63) is 74.1 Å². The summed E-state index contributed by atoms with van der Waals surface area (Å²) in [4.78, 5) is 37.3. The number of amides is 2. The third-order valence-electron chi connectivity index (χ3n) is 4.08. The lowest BCUT2D eigenvalue weighted by Gasteiger charge is -2.22. The highest BCUT2D eigenvalue weighted by atomic mass is 35.5. The number of thioether (sulfide) groups is 1. The molecule has 0 aliphatic carbocycles. The fraction of sp³-hybridized carbons (Fsp3) is 0.105. The lowest BCUT2D eigenvalue weighted by molar-refractivity contribution is -0.384. The number of hydrogen-bond acceptors (Lipinski definition) is 6. The fourth-order valence-corrected chi connectivity index (χ4v) is 4.13. The van der Waals surface area contributed by atoms with Gasteiger partial charge in [0.1, 0.15) is 10.4 Å². The van der Waals surface area contributed by atoms with Crippen LogP contribution in [-0.2, 0) is 9.59 Å². The summed E-state index contributed by atoms with van der Waals surface area (Å²) in [6.07, 6.45) is 1.52. The molecule has 1 unspecified atom stereocenters. The SMILES string of the molecule is CC(C(=O)Nc1ccc(Cl)cc1)N1C(=O)/C(=C/c2cccc([N+](=O)[O-])c2)SC1=S. The first-order chi connectivity index (χ1) is 13.8. The van der Waals surface area contributed by atoms with Crippen LogP contribution < -0.4 is 5.32 Å². The molecule has 1 heterocycles. The van der Waals surface area contributed by atoms with Gasteiger partial charge in [-0.05, 0) is 42.8 Å². The summed E-state index contributed by atoms with van der Waals surface area (Å²) in [5.74, 6) is -0.828. The van der Waals surface area contributed by atoms with Gasteiger partial charge in [0.05, 0.1) is 9.83 Å². The molecular weight excluding hydrogens is 434 g/mol. The van der Waals surface area contributed by atoms with Gasteiger partial charge in [-0.3, -0.25) is 24.6 Å². The van der Waals surface area contributed by atoms with Crippen LogP contribution >= 0.6 is 35.6 Å². The van der Waals surface area contributed by atoms with Crippen molar-refractivity contribution in [1.82, 2.24) is 4.90 Å². The van der Waals surface area contributed by atoms with Crippen LogP contribution in [0.3, 0.4) is 0 Å². The molecule has 1 saturated heterocycles. The third-order valence-corrected chi connectivity index (χ3v) is 5.66. The van der Waals surface area contributed by atoms with Crippen molar-refractivity contribution in [3.8, 4) is 0 Å². The summed E-state index contributed by atoms with van der Waals surface area (Å²) in [6, 6.07) is 11.7. The number of hydrogen-bond donors (Lipinski definition) is 1. The van der Waals surface area contributed by atoms with E-state index in [-0.39, 0.29) is 10.0 Å². The normalized spacial score (nSPS) is 16.2. The highest BCUT2D eigenvalue weighted by Gasteiger charge is 2.38. The summed E-state index contributed by atoms with van der Waals surface area (Å²) in [5, 5.41) is 14.2. The Kier molecular flexibility index (Phi) is 6.31. The maximum absolute atomic E-state index is 12.8. The number of nitrogens with one attached hydrogen (secondary N) is 1. The minimum atomic E-state index is -0.839. The van der Waals surface area contributed by atoms with E-state index >= 15 is 0 Å². The number of rotatable bonds is 5. The van der Waals surface area contributed by atoms with Crippen LogP contribution in [0, 0.1) is 10.1 Å². The summed E-state index contributed by atoms with van der Waals surface area (Å²) in [7, 11) is 0. The predicted molar refractivity (Wildman–Crippen MR) is 118 cm³/mol. The van der Waals surface area contributed by atoms with Crippen molar-refractivity contribution < 1.29 is 14.5 Å². The quantitative estimate of drug-likeness (QED) is 0.314. The molecule has 1 fully saturated rings. The van der Waals surface area contributed by atoms with Crippen LogP contribution in [0.4, 0.5) is 11.4 Å². The van der Waals surface area contributed by atoms with Crippen molar-refractivity contribution in [3.63, 3.8) is 0 Å². The van der Waals surface area contributed by atoms with E-state index in [0.29, 0.717) is 21.2 Å². The molecule has 2 aromatic carbocycles. The van der Waals surface area contributed by atoms with E-state index in [9.17, 15) is 19.7 Å². The molecule has 2 amide bonds. The molecule has 10 heteroatoms. The minimum Gasteiger partial charge on any atom is -0.324 e. The van der Waals surface area contributed by atoms with E-state index in [1.807, 2.05) is 0 Å². The maximum atomic E-state index is 12.8. The number of thiocarbonyl (C=S) groups is 1. The van der Waals surface area contributed by atoms with Gasteiger partial charge < -0.3 is 5.32 Å². The average Bonchev–Trinajstić information content (AvgIpc) is 2.96. The zero-order chi connectivity index (χ0) is 21.1. The Balaban J connectivity index is 1.77. The molecule has 0 bridgehead atoms. The van der Waals surface area contributed by atoms with Gasteiger partial charge in [-0.1, -0.05) is 47.7 Å². The molecule has 1 N–H and O–H groups in total. The Bertz CT molecular complexity index is 1040. The van der Waals surface area contributed by atoms with Gasteiger partial charge in [0.2, 0.25) is 5.91 Å². The molecule has 1 aliphatic heterocycles. The highest BCUT2D eigenvalue weighted by molar-refractivity contribution is 8.26. The second kappa shape index (κ2) is 8.73. The molecule has 148 valence electrons. The Labute approximate surface area is 180 Å². The summed E-state index contributed by atoms with van der Waals surface area (Å²) < 4.78 is 0.241. The number of nitro benzene ring substituents is 1. The van der Waals surface area contributed by atoms with Gasteiger partial charge in [0, 0.05) is 22.8 Å². The Morgan fingerprint density at radius 2 is 2.00 bits per heavy atom. The largest absolute Gasteiger partial charge is 0.324 e. The zero-order valence-corrected chi connectivity index (χ0v) is 17.4. The molecule has 0 radical (unpaired) electrons. The summed E-state index contributed by atoms with van der Waals surface area (Å²) >= 11 is 12.2. The van der Waals surface area contributed by atoms with Crippen LogP contribution in [0.15, 0.2) is 53.4 Å². The number of nitro groups is 1. The van der Waals surface area contributed by atoms with Crippen molar-refractivity contribution in [2.24, 2.45) is 0 Å². The lowest BCUT2D eigenvalue weighted by atomic mass is 10.2. The standard InChI is InChI=1S/C19H14ClN3O4S2/c1-11(17(24)21-14-7-5-13(20)6-8-14)22-18(25)16(29-19(22)28)10-12-3-2-4-15(9-12)23(26)27/h2-11H,1H3,(H,21,24)/b16-10-. The first-order valence-electron chi connectivity index (χ1n) is 8.34. The number of carbonyl (C=O) groups is 2. The molecule has 1 atom stereocenters. The molecule has 0 spiro atoms. The van der Waals surface area contributed by atoms with Crippen LogP contribution in [0.1, 0.15) is 12.5 Å². The molecule has 0 aromatic heterocycles. The van der Waals surface area contributed by atoms with Crippen LogP contribution in [0.25, 0.3) is 6.08 Å². The monoisotopic (exact) mass is 447 g/mol. The van der Waals surface area contributed by atoms with Crippen LogP contribution in [-0.4, -0.2) is 32.0 Å². The molecule has 0 saturated carbocycles. The van der Waals surface area contributed by atoms with E-state index in [1.165, 1.54) is 29.2 Å². The van der Waals surface area contributed by atoms with Crippen LogP contribution in [0.5, 0.6) is 0 Å². The number of nitrogens with zero attached hydrogens (tertiary/aromatic N) is 2. The van der Waals surface area contributed by atoms with Gasteiger partial charge >= 0.3 is 0 Å². The van der Waals surface area contributed by atoms with Gasteiger partial charge in [0.15, 0.2) is 0 Å². The molecule has 2 aromatic rings. The van der Waals surface area contributed by atoms with Crippen LogP contribution in [0.2, 0.25) is 5.02 Å². The second-order valence-corrected chi connectivity index (χ2v) is 8.19. The smallest absolute Gasteiger partial charge is 0.270 e. The van der Waals surface area contributed by atoms with Crippen molar-refractivity contribution in [1.29, 1.82) is 0 Å². The molecule has 7 nitrogen and oxygen atoms in total. The summed E-state index contributed by atoms with van der Waals surface area (Å²) in [5.41, 5.74) is 0.965. The van der Waals surface area contributed by atoms with Crippen molar-refractivity contribution in [2.45, 2.75) is 13.0 Å². The fourth-order valence-electron chi connectivity index (χ4n) is 2.59. The first-order valence-corrected chi connectivity index (χ1v) is 9.94. The third kappa shape index (κ3) is 4.81. The van der Waals surface area contributed by atoms with Gasteiger partial charge in [-0.15, -0.1) is 0 Å². The van der Waals surface area contributed by atoms with Crippen molar-refractivity contribution in [2.75, 3.05) is 5.32 Å². The first kappa shape index (κ1) is 21.0. The number of non-ortho nitro benzene ring substituents is 1. The van der Waals surface area contributed by atoms with Gasteiger partial charge in [-0.2, -0.15) is 0 Å². The number of benzene rings is 2. The predicted octanol–water partition coefficient (Wildman–Crippen LogP) is 4.48. The zero-order valence-electron chi connectivity index (χ0n) is 15.0. The Morgan fingerprint density at radius 3 is 2.66 bits per heavy atom. The average molecular weight is 448 g/mol. The molecule has 3 rings (SSSR count). The number of halogens is 1. The Hall–Kier alpha value is -2.75. The van der Waals surface area contributed by atoms with Gasteiger partial charge in [0.25, 0.3) is 11.6 Å². The molecular formula is C19H14ClN3O4S2. The topological polar surface area (TPSA) is 92.6 Å². The van der Waals surface area contributed by atoms with E-state index in [4.69, 9.17) is 23.8 Å². The van der Waals surface area contributed by atoms with E-state index in [1.54, 1.807) is 37.3 Å². The number of carbonyl (C=O) groups excluding carboxylic acids is 2. The second-order valence-electron chi connectivity index (χ2n) is 6.08. The van der Waals surface area contributed by atoms with E-state index < -0.39 is 22.8 Å². The maximum Gasteiger partial charge on any atom is 0.270 e. The molecule has 29 heavy (non-hydrogen) atoms. The summed E-state index contributed by atoms with van der Waals surface area (Å²) in [6.45, 7) is 1.58. The van der Waals surface area contributed by atoms with Crippen molar-refractivity contribution >= 4 is 69.2 Å². The van der Waals surface area contributed by atoms with E-state index in [2.05, 4.69) is 5.32 Å². The lowest BCUT2D eigenvalue weighted by Crippen LogP contribution is -2.44. The highest BCUT2D eigenvalue weighted by Crippen LogP contribution is 2.34.